The molecule has 0 spiro atoms. The molecule has 1 saturated heterocycles. The summed E-state index contributed by atoms with van der Waals surface area (Å²) in [6, 6.07) is 14.8. The van der Waals surface area contributed by atoms with E-state index >= 15 is 0 Å². The molecule has 4 heteroatoms. The highest BCUT2D eigenvalue weighted by Crippen LogP contribution is 2.16. The van der Waals surface area contributed by atoms with E-state index in [1.54, 1.807) is 12.1 Å². The van der Waals surface area contributed by atoms with Crippen LogP contribution in [0.15, 0.2) is 48.5 Å². The number of hydrogen-bond acceptors (Lipinski definition) is 3. The summed E-state index contributed by atoms with van der Waals surface area (Å²) in [5, 5.41) is 3.39. The maximum atomic E-state index is 12.9. The molecule has 0 saturated carbocycles. The van der Waals surface area contributed by atoms with Gasteiger partial charge in [-0.2, -0.15) is 0 Å². The normalized spacial score (nSPS) is 15.2. The minimum absolute atomic E-state index is 0.218. The second-order valence-corrected chi connectivity index (χ2v) is 6.61. The molecule has 1 N–H and O–H groups in total. The molecular weight excluding hydrogens is 315 g/mol. The van der Waals surface area contributed by atoms with Crippen molar-refractivity contribution in [3.63, 3.8) is 0 Å². The number of benzene rings is 2. The maximum absolute atomic E-state index is 12.9. The van der Waals surface area contributed by atoms with Crippen LogP contribution in [-0.4, -0.2) is 37.6 Å². The first-order chi connectivity index (χ1) is 12.3. The lowest BCUT2D eigenvalue weighted by molar-refractivity contribution is 0.237. The molecule has 0 amide bonds. The van der Waals surface area contributed by atoms with Crippen LogP contribution in [-0.2, 0) is 13.0 Å². The number of aryl methyl sites for hydroxylation is 1. The molecule has 1 aliphatic heterocycles. The van der Waals surface area contributed by atoms with E-state index in [9.17, 15) is 4.39 Å². The zero-order valence-corrected chi connectivity index (χ0v) is 14.7. The fourth-order valence-electron chi connectivity index (χ4n) is 3.10. The molecule has 2 aromatic rings. The Kier molecular flexibility index (Phi) is 6.83. The van der Waals surface area contributed by atoms with Crippen molar-refractivity contribution in [1.82, 2.24) is 10.2 Å². The average molecular weight is 342 g/mol. The van der Waals surface area contributed by atoms with Crippen LogP contribution in [0.25, 0.3) is 0 Å². The summed E-state index contributed by atoms with van der Waals surface area (Å²) in [6.45, 7) is 6.28. The summed E-state index contributed by atoms with van der Waals surface area (Å²) in [6.07, 6.45) is 3.59. The van der Waals surface area contributed by atoms with E-state index < -0.39 is 0 Å². The predicted molar refractivity (Wildman–Crippen MR) is 99.4 cm³/mol. The minimum atomic E-state index is -0.218. The van der Waals surface area contributed by atoms with Crippen molar-refractivity contribution in [3.8, 4) is 5.75 Å². The van der Waals surface area contributed by atoms with Gasteiger partial charge < -0.3 is 15.0 Å². The molecule has 0 aliphatic carbocycles. The summed E-state index contributed by atoms with van der Waals surface area (Å²) in [5.41, 5.74) is 2.33. The molecule has 1 aliphatic rings. The Morgan fingerprint density at radius 3 is 2.28 bits per heavy atom. The largest absolute Gasteiger partial charge is 0.489 e. The molecule has 0 atom stereocenters. The minimum Gasteiger partial charge on any atom is -0.489 e. The van der Waals surface area contributed by atoms with Gasteiger partial charge in [-0.1, -0.05) is 24.3 Å². The van der Waals surface area contributed by atoms with Crippen molar-refractivity contribution >= 4 is 0 Å². The van der Waals surface area contributed by atoms with Crippen molar-refractivity contribution in [2.75, 3.05) is 32.7 Å². The van der Waals surface area contributed by atoms with E-state index in [-0.39, 0.29) is 5.82 Å². The highest BCUT2D eigenvalue weighted by molar-refractivity contribution is 5.28. The summed E-state index contributed by atoms with van der Waals surface area (Å²) >= 11 is 0. The molecule has 1 heterocycles. The van der Waals surface area contributed by atoms with Crippen LogP contribution in [0.5, 0.6) is 5.75 Å². The lowest BCUT2D eigenvalue weighted by Crippen LogP contribution is -2.43. The fraction of sp³-hybridized carbons (Fsp3) is 0.429. The predicted octanol–water partition coefficient (Wildman–Crippen LogP) is 3.63. The number of hydrogen-bond donors (Lipinski definition) is 1. The number of nitrogens with zero attached hydrogens (tertiary/aromatic N) is 1. The van der Waals surface area contributed by atoms with Gasteiger partial charge in [0.2, 0.25) is 0 Å². The van der Waals surface area contributed by atoms with Crippen LogP contribution in [0.1, 0.15) is 24.0 Å². The van der Waals surface area contributed by atoms with Crippen molar-refractivity contribution in [1.29, 1.82) is 0 Å². The summed E-state index contributed by atoms with van der Waals surface area (Å²) in [5.74, 6) is 0.638. The van der Waals surface area contributed by atoms with Crippen LogP contribution < -0.4 is 10.1 Å². The Labute approximate surface area is 149 Å². The number of unbranched alkanes of at least 4 members (excludes halogenated alkanes) is 1. The Morgan fingerprint density at radius 2 is 1.56 bits per heavy atom. The molecule has 25 heavy (non-hydrogen) atoms. The third-order valence-corrected chi connectivity index (χ3v) is 4.64. The average Bonchev–Trinajstić information content (AvgIpc) is 2.67. The zero-order valence-electron chi connectivity index (χ0n) is 14.7. The molecule has 0 aromatic heterocycles. The molecular formula is C21H27FN2O. The van der Waals surface area contributed by atoms with E-state index in [1.165, 1.54) is 50.2 Å². The van der Waals surface area contributed by atoms with Crippen molar-refractivity contribution < 1.29 is 9.13 Å². The van der Waals surface area contributed by atoms with Crippen molar-refractivity contribution in [2.45, 2.75) is 25.9 Å². The molecule has 2 aromatic carbocycles. The van der Waals surface area contributed by atoms with Crippen molar-refractivity contribution in [3.05, 3.63) is 65.5 Å². The van der Waals surface area contributed by atoms with Crippen LogP contribution >= 0.6 is 0 Å². The molecule has 3 nitrogen and oxygen atoms in total. The van der Waals surface area contributed by atoms with E-state index in [4.69, 9.17) is 4.74 Å². The smallest absolute Gasteiger partial charge is 0.123 e. The summed E-state index contributed by atoms with van der Waals surface area (Å²) < 4.78 is 18.6. The van der Waals surface area contributed by atoms with Gasteiger partial charge in [-0.05, 0) is 61.2 Å². The standard InChI is InChI=1S/C21H27FN2O/c22-20-8-4-19(5-9-20)17-25-21-10-6-18(7-11-21)3-1-2-14-24-15-12-23-13-16-24/h4-11,23H,1-3,12-17H2. The number of rotatable bonds is 8. The maximum Gasteiger partial charge on any atom is 0.123 e. The monoisotopic (exact) mass is 342 g/mol. The van der Waals surface area contributed by atoms with E-state index in [0.29, 0.717) is 6.61 Å². The van der Waals surface area contributed by atoms with Crippen LogP contribution in [0.2, 0.25) is 0 Å². The first kappa shape index (κ1) is 17.9. The summed E-state index contributed by atoms with van der Waals surface area (Å²) in [7, 11) is 0. The van der Waals surface area contributed by atoms with Gasteiger partial charge in [0, 0.05) is 26.2 Å². The van der Waals surface area contributed by atoms with Gasteiger partial charge in [0.25, 0.3) is 0 Å². The zero-order chi connectivity index (χ0) is 17.3. The number of ether oxygens (including phenoxy) is 1. The number of nitrogens with one attached hydrogen (secondary N) is 1. The third-order valence-electron chi connectivity index (χ3n) is 4.64. The molecule has 3 rings (SSSR count). The van der Waals surface area contributed by atoms with E-state index in [0.717, 1.165) is 30.8 Å². The molecule has 0 bridgehead atoms. The fourth-order valence-corrected chi connectivity index (χ4v) is 3.10. The Bertz CT molecular complexity index is 621. The van der Waals surface area contributed by atoms with E-state index in [1.807, 2.05) is 12.1 Å². The molecule has 0 radical (unpaired) electrons. The summed E-state index contributed by atoms with van der Waals surface area (Å²) in [4.78, 5) is 2.54. The van der Waals surface area contributed by atoms with Gasteiger partial charge in [0.05, 0.1) is 0 Å². The first-order valence-corrected chi connectivity index (χ1v) is 9.19. The Hall–Kier alpha value is -1.91. The van der Waals surface area contributed by atoms with Crippen LogP contribution in [0, 0.1) is 5.82 Å². The van der Waals surface area contributed by atoms with E-state index in [2.05, 4.69) is 22.3 Å². The SMILES string of the molecule is Fc1ccc(COc2ccc(CCCCN3CCNCC3)cc2)cc1. The van der Waals surface area contributed by atoms with Crippen LogP contribution in [0.4, 0.5) is 4.39 Å². The third kappa shape index (κ3) is 6.15. The second kappa shape index (κ2) is 9.54. The molecule has 1 fully saturated rings. The highest BCUT2D eigenvalue weighted by Gasteiger charge is 2.08. The number of halogens is 1. The van der Waals surface area contributed by atoms with Gasteiger partial charge >= 0.3 is 0 Å². The topological polar surface area (TPSA) is 24.5 Å². The van der Waals surface area contributed by atoms with Gasteiger partial charge in [-0.15, -0.1) is 0 Å². The van der Waals surface area contributed by atoms with Gasteiger partial charge in [0.15, 0.2) is 0 Å². The lowest BCUT2D eigenvalue weighted by atomic mass is 10.1. The van der Waals surface area contributed by atoms with Crippen molar-refractivity contribution in [2.24, 2.45) is 0 Å². The molecule has 0 unspecified atom stereocenters. The second-order valence-electron chi connectivity index (χ2n) is 6.61. The highest BCUT2D eigenvalue weighted by atomic mass is 19.1. The van der Waals surface area contributed by atoms with Gasteiger partial charge in [0.1, 0.15) is 18.2 Å². The Morgan fingerprint density at radius 1 is 0.880 bits per heavy atom. The quantitative estimate of drug-likeness (QED) is 0.742. The number of piperazine rings is 1. The Balaban J connectivity index is 1.35. The van der Waals surface area contributed by atoms with Crippen LogP contribution in [0.3, 0.4) is 0 Å². The lowest BCUT2D eigenvalue weighted by Gasteiger charge is -2.27. The van der Waals surface area contributed by atoms with Gasteiger partial charge in [-0.3, -0.25) is 0 Å². The molecule has 134 valence electrons. The van der Waals surface area contributed by atoms with Gasteiger partial charge in [-0.25, -0.2) is 4.39 Å². The first-order valence-electron chi connectivity index (χ1n) is 9.19.